The number of thioether (sulfide) groups is 1. The van der Waals surface area contributed by atoms with Crippen molar-refractivity contribution in [2.45, 2.75) is 11.2 Å². The van der Waals surface area contributed by atoms with Gasteiger partial charge in [-0.1, -0.05) is 17.8 Å². The maximum absolute atomic E-state index is 13.6. The number of nitriles is 1. The molecule has 3 rings (SSSR count). The first-order valence-electron chi connectivity index (χ1n) is 8.04. The summed E-state index contributed by atoms with van der Waals surface area (Å²) in [4.78, 5) is 16.5. The van der Waals surface area contributed by atoms with E-state index in [1.54, 1.807) is 17.5 Å². The molecule has 0 amide bonds. The molecule has 0 aliphatic rings. The zero-order valence-corrected chi connectivity index (χ0v) is 16.3. The second-order valence-electron chi connectivity index (χ2n) is 5.66. The number of carbonyl (C=O) groups is 1. The summed E-state index contributed by atoms with van der Waals surface area (Å²) in [6.07, 6.45) is -4.81. The van der Waals surface area contributed by atoms with Gasteiger partial charge in [0.2, 0.25) is 0 Å². The molecule has 30 heavy (non-hydrogen) atoms. The van der Waals surface area contributed by atoms with E-state index in [4.69, 9.17) is 4.74 Å². The molecule has 0 saturated heterocycles. The summed E-state index contributed by atoms with van der Waals surface area (Å²) in [6.45, 7) is 0. The first-order valence-corrected chi connectivity index (χ1v) is 9.90. The molecule has 0 unspecified atom stereocenters. The van der Waals surface area contributed by atoms with Gasteiger partial charge in [-0.2, -0.15) is 18.4 Å². The summed E-state index contributed by atoms with van der Waals surface area (Å²) in [5.74, 6) is -4.06. The lowest BCUT2D eigenvalue weighted by atomic mass is 10.1. The predicted molar refractivity (Wildman–Crippen MR) is 100.0 cm³/mol. The number of alkyl halides is 3. The van der Waals surface area contributed by atoms with Crippen LogP contribution in [-0.2, 0) is 11.0 Å². The molecular weight excluding hydrogens is 447 g/mol. The van der Waals surface area contributed by atoms with Gasteiger partial charge in [-0.25, -0.2) is 13.8 Å². The van der Waals surface area contributed by atoms with E-state index in [1.807, 2.05) is 0 Å². The second-order valence-corrected chi connectivity index (χ2v) is 7.57. The van der Waals surface area contributed by atoms with Crippen molar-refractivity contribution < 1.29 is 31.5 Å². The summed E-state index contributed by atoms with van der Waals surface area (Å²) in [6, 6.07) is 7.77. The Balaban J connectivity index is 1.88. The topological polar surface area (TPSA) is 63.0 Å². The van der Waals surface area contributed by atoms with E-state index in [2.05, 4.69) is 4.98 Å². The van der Waals surface area contributed by atoms with E-state index in [0.717, 1.165) is 29.5 Å². The molecule has 2 aromatic heterocycles. The van der Waals surface area contributed by atoms with Gasteiger partial charge in [0.15, 0.2) is 11.6 Å². The Morgan fingerprint density at radius 3 is 2.60 bits per heavy atom. The van der Waals surface area contributed by atoms with Crippen LogP contribution in [0, 0.1) is 23.0 Å². The Morgan fingerprint density at radius 1 is 1.23 bits per heavy atom. The van der Waals surface area contributed by atoms with Gasteiger partial charge in [-0.15, -0.1) is 11.3 Å². The van der Waals surface area contributed by atoms with E-state index in [1.165, 1.54) is 6.07 Å². The molecule has 2 heterocycles. The maximum atomic E-state index is 13.6. The zero-order valence-electron chi connectivity index (χ0n) is 14.7. The van der Waals surface area contributed by atoms with Gasteiger partial charge in [-0.05, 0) is 29.6 Å². The van der Waals surface area contributed by atoms with Gasteiger partial charge < -0.3 is 4.74 Å². The van der Waals surface area contributed by atoms with Gasteiger partial charge in [0.1, 0.15) is 16.9 Å². The normalized spacial score (nSPS) is 11.2. The summed E-state index contributed by atoms with van der Waals surface area (Å²) < 4.78 is 71.6. The smallest absolute Gasteiger partial charge is 0.417 e. The number of benzene rings is 1. The summed E-state index contributed by atoms with van der Waals surface area (Å²) >= 11 is 1.71. The summed E-state index contributed by atoms with van der Waals surface area (Å²) in [5, 5.41) is 10.6. The third-order valence-corrected chi connectivity index (χ3v) is 5.46. The number of pyridine rings is 1. The number of aromatic nitrogens is 1. The molecule has 4 nitrogen and oxygen atoms in total. The van der Waals surface area contributed by atoms with Gasteiger partial charge in [0, 0.05) is 6.07 Å². The lowest BCUT2D eigenvalue weighted by molar-refractivity contribution is -0.138. The largest absolute Gasteiger partial charge is 0.423 e. The van der Waals surface area contributed by atoms with Crippen LogP contribution < -0.4 is 4.74 Å². The number of halogens is 5. The molecule has 11 heteroatoms. The quantitative estimate of drug-likeness (QED) is 0.214. The first-order chi connectivity index (χ1) is 14.2. The van der Waals surface area contributed by atoms with Crippen molar-refractivity contribution in [1.29, 1.82) is 5.26 Å². The summed E-state index contributed by atoms with van der Waals surface area (Å²) in [7, 11) is 0. The Kier molecular flexibility index (Phi) is 6.38. The molecule has 0 radical (unpaired) electrons. The van der Waals surface area contributed by atoms with Crippen LogP contribution in [-0.4, -0.2) is 16.7 Å². The van der Waals surface area contributed by atoms with E-state index < -0.39 is 46.4 Å². The van der Waals surface area contributed by atoms with Crippen LogP contribution in [0.5, 0.6) is 5.75 Å². The molecule has 0 atom stereocenters. The monoisotopic (exact) mass is 456 g/mol. The molecule has 0 N–H and O–H groups in total. The standard InChI is InChI=1S/C19H9F5N2O2S2/c20-10-3-4-15(13(21)6-10)28-17(27)9-30-18-11(8-25)12(19(22,23)24)7-14(26-18)16-2-1-5-29-16/h1-7H,9H2. The van der Waals surface area contributed by atoms with Crippen molar-refractivity contribution in [3.8, 4) is 22.4 Å². The third-order valence-electron chi connectivity index (χ3n) is 3.62. The molecule has 0 bridgehead atoms. The molecular formula is C19H9F5N2O2S2. The number of rotatable bonds is 5. The van der Waals surface area contributed by atoms with Crippen molar-refractivity contribution in [3.05, 3.63) is 64.5 Å². The van der Waals surface area contributed by atoms with Crippen LogP contribution in [0.2, 0.25) is 0 Å². The molecule has 1 aromatic carbocycles. The van der Waals surface area contributed by atoms with Crippen molar-refractivity contribution in [2.75, 3.05) is 5.75 Å². The van der Waals surface area contributed by atoms with E-state index in [9.17, 15) is 32.0 Å². The fourth-order valence-corrected chi connectivity index (χ4v) is 3.81. The Labute approximate surface area is 174 Å². The maximum Gasteiger partial charge on any atom is 0.417 e. The fourth-order valence-electron chi connectivity index (χ4n) is 2.35. The van der Waals surface area contributed by atoms with Crippen LogP contribution >= 0.6 is 23.1 Å². The van der Waals surface area contributed by atoms with Crippen molar-refractivity contribution in [2.24, 2.45) is 0 Å². The van der Waals surface area contributed by atoms with Gasteiger partial charge in [0.05, 0.1) is 27.5 Å². The lowest BCUT2D eigenvalue weighted by Gasteiger charge is -2.13. The first kappa shape index (κ1) is 21.7. The van der Waals surface area contributed by atoms with E-state index in [0.29, 0.717) is 22.7 Å². The molecule has 0 spiro atoms. The van der Waals surface area contributed by atoms with Crippen molar-refractivity contribution in [1.82, 2.24) is 4.98 Å². The Hall–Kier alpha value is -2.97. The summed E-state index contributed by atoms with van der Waals surface area (Å²) in [5.41, 5.74) is -1.91. The lowest BCUT2D eigenvalue weighted by Crippen LogP contribution is -2.14. The minimum Gasteiger partial charge on any atom is -0.423 e. The Morgan fingerprint density at radius 2 is 2.00 bits per heavy atom. The molecule has 3 aromatic rings. The van der Waals surface area contributed by atoms with E-state index >= 15 is 0 Å². The van der Waals surface area contributed by atoms with Gasteiger partial charge in [0.25, 0.3) is 0 Å². The van der Waals surface area contributed by atoms with Crippen LogP contribution in [0.1, 0.15) is 11.1 Å². The fraction of sp³-hybridized carbons (Fsp3) is 0.105. The number of esters is 1. The van der Waals surface area contributed by atoms with Crippen molar-refractivity contribution >= 4 is 29.1 Å². The number of hydrogen-bond acceptors (Lipinski definition) is 6. The van der Waals surface area contributed by atoms with Crippen LogP contribution in [0.4, 0.5) is 22.0 Å². The molecule has 0 fully saturated rings. The molecule has 154 valence electrons. The highest BCUT2D eigenvalue weighted by Gasteiger charge is 2.36. The second kappa shape index (κ2) is 8.81. The average molecular weight is 456 g/mol. The highest BCUT2D eigenvalue weighted by Crippen LogP contribution is 2.38. The number of carbonyl (C=O) groups excluding carboxylic acids is 1. The van der Waals surface area contributed by atoms with E-state index in [-0.39, 0.29) is 10.7 Å². The van der Waals surface area contributed by atoms with Gasteiger partial charge >= 0.3 is 12.1 Å². The number of nitrogens with zero attached hydrogens (tertiary/aromatic N) is 2. The predicted octanol–water partition coefficient (Wildman–Crippen LogP) is 5.68. The average Bonchev–Trinajstić information content (AvgIpc) is 3.22. The van der Waals surface area contributed by atoms with Crippen LogP contribution in [0.3, 0.4) is 0 Å². The molecule has 0 aliphatic heterocycles. The number of ether oxygens (including phenoxy) is 1. The minimum atomic E-state index is -4.81. The Bertz CT molecular complexity index is 1130. The highest BCUT2D eigenvalue weighted by molar-refractivity contribution is 7.99. The van der Waals surface area contributed by atoms with Crippen molar-refractivity contribution in [3.63, 3.8) is 0 Å². The molecule has 0 aliphatic carbocycles. The molecule has 0 saturated carbocycles. The van der Waals surface area contributed by atoms with Crippen LogP contribution in [0.25, 0.3) is 10.6 Å². The SMILES string of the molecule is N#Cc1c(C(F)(F)F)cc(-c2cccs2)nc1SCC(=O)Oc1ccc(F)cc1F. The highest BCUT2D eigenvalue weighted by atomic mass is 32.2. The number of hydrogen-bond donors (Lipinski definition) is 0. The van der Waals surface area contributed by atoms with Gasteiger partial charge in [-0.3, -0.25) is 4.79 Å². The number of thiophene rings is 1. The van der Waals surface area contributed by atoms with Crippen LogP contribution in [0.15, 0.2) is 46.8 Å². The zero-order chi connectivity index (χ0) is 21.9. The minimum absolute atomic E-state index is 0.00299. The third kappa shape index (κ3) is 4.95.